The second kappa shape index (κ2) is 12.9. The van der Waals surface area contributed by atoms with Gasteiger partial charge in [-0.3, -0.25) is 14.5 Å². The topological polar surface area (TPSA) is 88.2 Å². The molecule has 0 bridgehead atoms. The van der Waals surface area contributed by atoms with Gasteiger partial charge in [-0.2, -0.15) is 10.4 Å². The Bertz CT molecular complexity index is 1520. The van der Waals surface area contributed by atoms with Gasteiger partial charge in [0.05, 0.1) is 11.4 Å². The minimum Gasteiger partial charge on any atom is -0.489 e. The maximum atomic E-state index is 13.6. The van der Waals surface area contributed by atoms with Crippen LogP contribution in [0.4, 0.5) is 0 Å². The Labute approximate surface area is 235 Å². The minimum absolute atomic E-state index is 0.00194. The average molecular weight is 535 g/mol. The minimum atomic E-state index is -0.524. The number of aromatic nitrogens is 2. The molecule has 2 heterocycles. The van der Waals surface area contributed by atoms with Gasteiger partial charge in [-0.1, -0.05) is 57.0 Å². The number of imide groups is 1. The van der Waals surface area contributed by atoms with Gasteiger partial charge in [-0.05, 0) is 67.8 Å². The summed E-state index contributed by atoms with van der Waals surface area (Å²) in [7, 11) is 0. The van der Waals surface area contributed by atoms with Crippen molar-refractivity contribution in [2.24, 2.45) is 0 Å². The zero-order chi connectivity index (χ0) is 28.6. The van der Waals surface area contributed by atoms with Crippen molar-refractivity contribution >= 4 is 17.9 Å². The summed E-state index contributed by atoms with van der Waals surface area (Å²) >= 11 is 0. The van der Waals surface area contributed by atoms with E-state index in [4.69, 9.17) is 9.84 Å². The molecule has 0 atom stereocenters. The number of carbonyl (C=O) groups is 2. The van der Waals surface area contributed by atoms with Gasteiger partial charge < -0.3 is 4.74 Å². The van der Waals surface area contributed by atoms with E-state index in [0.717, 1.165) is 41.8 Å². The SMILES string of the molecule is C=CCOc1ccc(-c2nn(-c3ccccc3)cc2/C=C2/C(=O)N(CCCCCC)C(=O)C(C#N)=C2C)cc1C. The predicted octanol–water partition coefficient (Wildman–Crippen LogP) is 6.59. The Balaban J connectivity index is 1.82. The number of nitrogens with zero attached hydrogens (tertiary/aromatic N) is 4. The van der Waals surface area contributed by atoms with Crippen LogP contribution >= 0.6 is 0 Å². The highest BCUT2D eigenvalue weighted by Crippen LogP contribution is 2.33. The van der Waals surface area contributed by atoms with Crippen LogP contribution < -0.4 is 4.74 Å². The number of hydrogen-bond acceptors (Lipinski definition) is 5. The van der Waals surface area contributed by atoms with Gasteiger partial charge in [0.1, 0.15) is 24.0 Å². The first-order chi connectivity index (χ1) is 19.4. The average Bonchev–Trinajstić information content (AvgIpc) is 3.39. The van der Waals surface area contributed by atoms with Gasteiger partial charge in [-0.15, -0.1) is 0 Å². The van der Waals surface area contributed by atoms with E-state index in [1.807, 2.05) is 67.7 Å². The van der Waals surface area contributed by atoms with Gasteiger partial charge in [0, 0.05) is 29.4 Å². The maximum absolute atomic E-state index is 13.6. The molecule has 0 saturated heterocycles. The first-order valence-electron chi connectivity index (χ1n) is 13.6. The van der Waals surface area contributed by atoms with E-state index < -0.39 is 5.91 Å². The third-order valence-electron chi connectivity index (χ3n) is 6.93. The molecule has 40 heavy (non-hydrogen) atoms. The lowest BCUT2D eigenvalue weighted by atomic mass is 9.93. The smallest absolute Gasteiger partial charge is 0.271 e. The van der Waals surface area contributed by atoms with Gasteiger partial charge in [0.25, 0.3) is 11.8 Å². The zero-order valence-corrected chi connectivity index (χ0v) is 23.3. The number of benzene rings is 2. The van der Waals surface area contributed by atoms with E-state index in [2.05, 4.69) is 13.5 Å². The Morgan fingerprint density at radius 1 is 1.05 bits per heavy atom. The first-order valence-corrected chi connectivity index (χ1v) is 13.6. The van der Waals surface area contributed by atoms with Crippen LogP contribution in [0.5, 0.6) is 5.75 Å². The number of carbonyl (C=O) groups excluding carboxylic acids is 2. The van der Waals surface area contributed by atoms with Crippen molar-refractivity contribution in [1.82, 2.24) is 14.7 Å². The number of unbranched alkanes of at least 4 members (excludes halogenated alkanes) is 3. The van der Waals surface area contributed by atoms with Crippen LogP contribution in [-0.2, 0) is 9.59 Å². The van der Waals surface area contributed by atoms with E-state index in [9.17, 15) is 14.9 Å². The molecular weight excluding hydrogens is 500 g/mol. The number of aryl methyl sites for hydroxylation is 1. The Morgan fingerprint density at radius 3 is 2.50 bits per heavy atom. The molecule has 0 spiro atoms. The second-order valence-electron chi connectivity index (χ2n) is 9.79. The summed E-state index contributed by atoms with van der Waals surface area (Å²) in [5.74, 6) is -0.159. The Hall–Kier alpha value is -4.70. The monoisotopic (exact) mass is 534 g/mol. The van der Waals surface area contributed by atoms with E-state index in [1.54, 1.807) is 23.8 Å². The molecule has 0 saturated carbocycles. The fourth-order valence-corrected chi connectivity index (χ4v) is 4.72. The molecule has 7 heteroatoms. The highest BCUT2D eigenvalue weighted by Gasteiger charge is 2.35. The molecule has 3 aromatic rings. The summed E-state index contributed by atoms with van der Waals surface area (Å²) in [6.45, 7) is 10.1. The molecule has 4 rings (SSSR count). The Kier molecular flexibility index (Phi) is 9.13. The lowest BCUT2D eigenvalue weighted by molar-refractivity contribution is -0.140. The third-order valence-corrected chi connectivity index (χ3v) is 6.93. The molecular formula is C33H34N4O3. The van der Waals surface area contributed by atoms with Crippen molar-refractivity contribution in [2.45, 2.75) is 46.5 Å². The van der Waals surface area contributed by atoms with Gasteiger partial charge in [-0.25, -0.2) is 4.68 Å². The molecule has 0 unspecified atom stereocenters. The molecule has 0 radical (unpaired) electrons. The van der Waals surface area contributed by atoms with Crippen LogP contribution in [0.15, 0.2) is 84.1 Å². The van der Waals surface area contributed by atoms with E-state index in [0.29, 0.717) is 35.4 Å². The summed E-state index contributed by atoms with van der Waals surface area (Å²) in [6.07, 6.45) is 9.00. The van der Waals surface area contributed by atoms with Crippen LogP contribution in [0.25, 0.3) is 23.0 Å². The number of ether oxygens (including phenoxy) is 1. The van der Waals surface area contributed by atoms with Gasteiger partial charge in [0.2, 0.25) is 0 Å². The van der Waals surface area contributed by atoms with Gasteiger partial charge >= 0.3 is 0 Å². The van der Waals surface area contributed by atoms with Crippen molar-refractivity contribution in [2.75, 3.05) is 13.2 Å². The number of para-hydroxylation sites is 1. The third kappa shape index (κ3) is 5.97. The van der Waals surface area contributed by atoms with Crippen LogP contribution in [0.1, 0.15) is 50.7 Å². The summed E-state index contributed by atoms with van der Waals surface area (Å²) in [4.78, 5) is 27.9. The standard InChI is InChI=1S/C33H34N4O3/c1-5-7-8-12-17-36-32(38)28(24(4)29(21-34)33(36)39)20-26-22-37(27-13-10-9-11-14-27)35-31(26)25-15-16-30(23(3)19-25)40-18-6-2/h6,9-11,13-16,19-20,22H,2,5,7-8,12,17-18H2,1,3-4H3/b28-20+. The lowest BCUT2D eigenvalue weighted by Crippen LogP contribution is -2.43. The largest absolute Gasteiger partial charge is 0.489 e. The number of hydrogen-bond donors (Lipinski definition) is 0. The zero-order valence-electron chi connectivity index (χ0n) is 23.3. The molecule has 0 aliphatic carbocycles. The fourth-order valence-electron chi connectivity index (χ4n) is 4.72. The summed E-state index contributed by atoms with van der Waals surface area (Å²) in [5, 5.41) is 14.7. The lowest BCUT2D eigenvalue weighted by Gasteiger charge is -2.27. The molecule has 204 valence electrons. The van der Waals surface area contributed by atoms with Gasteiger partial charge in [0.15, 0.2) is 0 Å². The predicted molar refractivity (Wildman–Crippen MR) is 157 cm³/mol. The Morgan fingerprint density at radius 2 is 1.82 bits per heavy atom. The van der Waals surface area contributed by atoms with Crippen LogP contribution in [0, 0.1) is 18.3 Å². The summed E-state index contributed by atoms with van der Waals surface area (Å²) in [5.41, 5.74) is 4.72. The molecule has 0 fully saturated rings. The number of nitriles is 1. The number of amides is 2. The number of rotatable bonds is 11. The molecule has 2 aromatic carbocycles. The van der Waals surface area contributed by atoms with E-state index in [1.165, 1.54) is 4.90 Å². The molecule has 0 N–H and O–H groups in total. The van der Waals surface area contributed by atoms with Crippen LogP contribution in [0.3, 0.4) is 0 Å². The van der Waals surface area contributed by atoms with Crippen molar-refractivity contribution in [3.05, 3.63) is 95.2 Å². The van der Waals surface area contributed by atoms with Crippen LogP contribution in [0.2, 0.25) is 0 Å². The molecule has 7 nitrogen and oxygen atoms in total. The highest BCUT2D eigenvalue weighted by molar-refractivity contribution is 6.19. The van der Waals surface area contributed by atoms with Crippen molar-refractivity contribution < 1.29 is 14.3 Å². The highest BCUT2D eigenvalue weighted by atomic mass is 16.5. The molecule has 1 aliphatic rings. The maximum Gasteiger partial charge on any atom is 0.271 e. The van der Waals surface area contributed by atoms with Crippen LogP contribution in [-0.4, -0.2) is 39.6 Å². The normalized spacial score (nSPS) is 14.6. The molecule has 1 aliphatic heterocycles. The van der Waals surface area contributed by atoms with E-state index in [-0.39, 0.29) is 18.0 Å². The fraction of sp³-hybridized carbons (Fsp3) is 0.273. The first kappa shape index (κ1) is 28.3. The quantitative estimate of drug-likeness (QED) is 0.120. The summed E-state index contributed by atoms with van der Waals surface area (Å²) < 4.78 is 7.52. The molecule has 1 aromatic heterocycles. The molecule has 2 amide bonds. The van der Waals surface area contributed by atoms with Crippen molar-refractivity contribution in [3.63, 3.8) is 0 Å². The van der Waals surface area contributed by atoms with Crippen molar-refractivity contribution in [1.29, 1.82) is 5.26 Å². The second-order valence-corrected chi connectivity index (χ2v) is 9.79. The van der Waals surface area contributed by atoms with Crippen molar-refractivity contribution in [3.8, 4) is 28.8 Å². The van der Waals surface area contributed by atoms with E-state index >= 15 is 0 Å². The summed E-state index contributed by atoms with van der Waals surface area (Å²) in [6, 6.07) is 17.6.